The van der Waals surface area contributed by atoms with Crippen LogP contribution in [0.3, 0.4) is 0 Å². The molecule has 23 heavy (non-hydrogen) atoms. The van der Waals surface area contributed by atoms with Crippen LogP contribution in [-0.2, 0) is 6.42 Å². The van der Waals surface area contributed by atoms with E-state index in [0.717, 1.165) is 5.56 Å². The van der Waals surface area contributed by atoms with Crippen molar-refractivity contribution in [2.45, 2.75) is 13.3 Å². The van der Waals surface area contributed by atoms with Gasteiger partial charge in [-0.15, -0.1) is 0 Å². The fraction of sp³-hybridized carbons (Fsp3) is 0.105. The molecule has 2 aromatic carbocycles. The number of aromatic hydroxyl groups is 1. The van der Waals surface area contributed by atoms with Crippen molar-refractivity contribution < 1.29 is 5.11 Å². The number of benzene rings is 2. The summed E-state index contributed by atoms with van der Waals surface area (Å²) in [4.78, 5) is 12.9. The molecule has 1 heterocycles. The van der Waals surface area contributed by atoms with E-state index in [9.17, 15) is 9.90 Å². The van der Waals surface area contributed by atoms with E-state index in [0.29, 0.717) is 23.4 Å². The maximum absolute atomic E-state index is 12.9. The molecule has 4 heteroatoms. The summed E-state index contributed by atoms with van der Waals surface area (Å²) in [5.41, 5.74) is 2.06. The second kappa shape index (κ2) is 6.31. The predicted octanol–water partition coefficient (Wildman–Crippen LogP) is 4.43. The molecule has 0 fully saturated rings. The van der Waals surface area contributed by atoms with Crippen molar-refractivity contribution >= 4 is 11.6 Å². The summed E-state index contributed by atoms with van der Waals surface area (Å²) in [6.07, 6.45) is 0.409. The van der Waals surface area contributed by atoms with Crippen molar-refractivity contribution in [1.82, 2.24) is 4.57 Å². The Morgan fingerprint density at radius 1 is 1.00 bits per heavy atom. The lowest BCUT2D eigenvalue weighted by atomic mass is 10.1. The number of rotatable bonds is 3. The van der Waals surface area contributed by atoms with Gasteiger partial charge in [-0.3, -0.25) is 9.36 Å². The highest BCUT2D eigenvalue weighted by Gasteiger charge is 2.21. The van der Waals surface area contributed by atoms with Gasteiger partial charge in [0.25, 0.3) is 5.56 Å². The van der Waals surface area contributed by atoms with Crippen LogP contribution in [0.25, 0.3) is 16.9 Å². The maximum Gasteiger partial charge on any atom is 0.262 e. The van der Waals surface area contributed by atoms with Gasteiger partial charge in [-0.05, 0) is 18.6 Å². The number of para-hydroxylation sites is 1. The monoisotopic (exact) mass is 325 g/mol. The molecule has 0 radical (unpaired) electrons. The molecular weight excluding hydrogens is 310 g/mol. The molecular formula is C19H16ClNO2. The minimum absolute atomic E-state index is 0.134. The third-order valence-corrected chi connectivity index (χ3v) is 4.16. The van der Waals surface area contributed by atoms with Gasteiger partial charge in [0.05, 0.1) is 11.3 Å². The summed E-state index contributed by atoms with van der Waals surface area (Å²) in [7, 11) is 0. The van der Waals surface area contributed by atoms with E-state index >= 15 is 0 Å². The van der Waals surface area contributed by atoms with E-state index in [2.05, 4.69) is 0 Å². The zero-order chi connectivity index (χ0) is 16.4. The molecule has 0 amide bonds. The Hall–Kier alpha value is -2.52. The zero-order valence-corrected chi connectivity index (χ0v) is 13.4. The average molecular weight is 326 g/mol. The molecule has 1 aromatic heterocycles. The van der Waals surface area contributed by atoms with Crippen molar-refractivity contribution in [1.29, 1.82) is 0 Å². The van der Waals surface area contributed by atoms with Gasteiger partial charge in [-0.25, -0.2) is 0 Å². The van der Waals surface area contributed by atoms with Crippen LogP contribution in [0.4, 0.5) is 0 Å². The van der Waals surface area contributed by atoms with Crippen LogP contribution in [0, 0.1) is 0 Å². The molecule has 0 aliphatic rings. The molecule has 1 N–H and O–H groups in total. The van der Waals surface area contributed by atoms with E-state index in [-0.39, 0.29) is 16.3 Å². The minimum atomic E-state index is -0.251. The Balaban J connectivity index is 2.45. The van der Waals surface area contributed by atoms with E-state index < -0.39 is 0 Å². The fourth-order valence-electron chi connectivity index (χ4n) is 2.67. The maximum atomic E-state index is 12.9. The summed E-state index contributed by atoms with van der Waals surface area (Å²) in [5, 5.41) is 10.5. The Kier molecular flexibility index (Phi) is 4.22. The lowest BCUT2D eigenvalue weighted by molar-refractivity contribution is 0.466. The normalized spacial score (nSPS) is 10.7. The number of hydrogen-bond donors (Lipinski definition) is 1. The average Bonchev–Trinajstić information content (AvgIpc) is 2.60. The largest absolute Gasteiger partial charge is 0.506 e. The first-order chi connectivity index (χ1) is 11.1. The molecule has 0 aliphatic carbocycles. The molecule has 0 atom stereocenters. The molecule has 3 aromatic rings. The molecule has 0 unspecified atom stereocenters. The smallest absolute Gasteiger partial charge is 0.262 e. The first-order valence-electron chi connectivity index (χ1n) is 7.42. The van der Waals surface area contributed by atoms with Gasteiger partial charge in [-0.1, -0.05) is 67.1 Å². The van der Waals surface area contributed by atoms with Crippen LogP contribution in [0.15, 0.2) is 65.5 Å². The first kappa shape index (κ1) is 15.4. The van der Waals surface area contributed by atoms with Crippen molar-refractivity contribution in [2.24, 2.45) is 0 Å². The standard InChI is InChI=1S/C19H16ClNO2/c1-2-15-18(22)16(20)17(13-9-5-3-6-10-13)21(19(15)23)14-11-7-4-8-12-14/h3-12,22H,2H2,1H3. The van der Waals surface area contributed by atoms with Gasteiger partial charge < -0.3 is 5.11 Å². The van der Waals surface area contributed by atoms with E-state index in [1.807, 2.05) is 67.6 Å². The van der Waals surface area contributed by atoms with Gasteiger partial charge >= 0.3 is 0 Å². The van der Waals surface area contributed by atoms with E-state index in [4.69, 9.17) is 11.6 Å². The van der Waals surface area contributed by atoms with Crippen molar-refractivity contribution in [3.63, 3.8) is 0 Å². The quantitative estimate of drug-likeness (QED) is 0.774. The van der Waals surface area contributed by atoms with Crippen LogP contribution >= 0.6 is 11.6 Å². The van der Waals surface area contributed by atoms with Crippen LogP contribution in [0.2, 0.25) is 5.02 Å². The number of halogens is 1. The highest BCUT2D eigenvalue weighted by atomic mass is 35.5. The molecule has 0 aliphatic heterocycles. The van der Waals surface area contributed by atoms with Crippen LogP contribution < -0.4 is 5.56 Å². The zero-order valence-electron chi connectivity index (χ0n) is 12.7. The molecule has 3 nitrogen and oxygen atoms in total. The minimum Gasteiger partial charge on any atom is -0.506 e. The lowest BCUT2D eigenvalue weighted by Gasteiger charge is -2.18. The summed E-state index contributed by atoms with van der Waals surface area (Å²) in [5.74, 6) is -0.134. The molecule has 116 valence electrons. The summed E-state index contributed by atoms with van der Waals surface area (Å²) < 4.78 is 1.57. The topological polar surface area (TPSA) is 42.2 Å². The van der Waals surface area contributed by atoms with E-state index in [1.165, 1.54) is 0 Å². The third-order valence-electron chi connectivity index (χ3n) is 3.80. The Morgan fingerprint density at radius 2 is 1.57 bits per heavy atom. The first-order valence-corrected chi connectivity index (χ1v) is 7.80. The lowest BCUT2D eigenvalue weighted by Crippen LogP contribution is -2.24. The molecule has 3 rings (SSSR count). The van der Waals surface area contributed by atoms with Crippen molar-refractivity contribution in [3.8, 4) is 22.7 Å². The Morgan fingerprint density at radius 3 is 2.13 bits per heavy atom. The van der Waals surface area contributed by atoms with Gasteiger partial charge in [0.2, 0.25) is 0 Å². The number of pyridine rings is 1. The highest BCUT2D eigenvalue weighted by Crippen LogP contribution is 2.36. The summed E-state index contributed by atoms with van der Waals surface area (Å²) >= 11 is 6.43. The molecule has 0 spiro atoms. The van der Waals surface area contributed by atoms with Crippen molar-refractivity contribution in [3.05, 3.63) is 81.6 Å². The second-order valence-corrected chi connectivity index (χ2v) is 5.56. The van der Waals surface area contributed by atoms with Crippen LogP contribution in [0.1, 0.15) is 12.5 Å². The van der Waals surface area contributed by atoms with Crippen molar-refractivity contribution in [2.75, 3.05) is 0 Å². The Labute approximate surface area is 139 Å². The Bertz CT molecular complexity index is 887. The predicted molar refractivity (Wildman–Crippen MR) is 93.5 cm³/mol. The highest BCUT2D eigenvalue weighted by molar-refractivity contribution is 6.34. The number of nitrogens with zero attached hydrogens (tertiary/aromatic N) is 1. The van der Waals surface area contributed by atoms with Gasteiger partial charge in [0.15, 0.2) is 0 Å². The third kappa shape index (κ3) is 2.64. The van der Waals surface area contributed by atoms with Crippen LogP contribution in [0.5, 0.6) is 5.75 Å². The number of hydrogen-bond acceptors (Lipinski definition) is 2. The second-order valence-electron chi connectivity index (χ2n) is 5.19. The fourth-order valence-corrected chi connectivity index (χ4v) is 2.98. The SMILES string of the molecule is CCc1c(O)c(Cl)c(-c2ccccc2)n(-c2ccccc2)c1=O. The van der Waals surface area contributed by atoms with Gasteiger partial charge in [0, 0.05) is 11.3 Å². The van der Waals surface area contributed by atoms with Crippen LogP contribution in [-0.4, -0.2) is 9.67 Å². The molecule has 0 saturated heterocycles. The van der Waals surface area contributed by atoms with E-state index in [1.54, 1.807) is 4.57 Å². The molecule has 0 bridgehead atoms. The number of aromatic nitrogens is 1. The molecule has 0 saturated carbocycles. The van der Waals surface area contributed by atoms with Gasteiger partial charge in [-0.2, -0.15) is 0 Å². The summed E-state index contributed by atoms with van der Waals surface area (Å²) in [6.45, 7) is 1.82. The van der Waals surface area contributed by atoms with Gasteiger partial charge in [0.1, 0.15) is 10.8 Å². The summed E-state index contributed by atoms with van der Waals surface area (Å²) in [6, 6.07) is 18.7.